The molecule has 0 spiro atoms. The maximum Gasteiger partial charge on any atom is 0.288 e. The molecule has 34 heavy (non-hydrogen) atoms. The van der Waals surface area contributed by atoms with Gasteiger partial charge in [0, 0.05) is 16.5 Å². The van der Waals surface area contributed by atoms with Crippen molar-refractivity contribution in [2.75, 3.05) is 5.32 Å². The van der Waals surface area contributed by atoms with Crippen LogP contribution in [0, 0.1) is 21.7 Å². The molecule has 0 unspecified atom stereocenters. The summed E-state index contributed by atoms with van der Waals surface area (Å²) in [4.78, 5) is 23.6. The van der Waals surface area contributed by atoms with Gasteiger partial charge in [-0.3, -0.25) is 14.9 Å². The number of amides is 1. The van der Waals surface area contributed by atoms with Crippen molar-refractivity contribution in [3.63, 3.8) is 0 Å². The first kappa shape index (κ1) is 23.9. The average molecular weight is 523 g/mol. The van der Waals surface area contributed by atoms with Crippen LogP contribution in [0.4, 0.5) is 20.2 Å². The SMILES string of the molecule is O=C1Nc2cc(S(=O)(=O)Cc3c(F)cccc3F)ccc2SC1=Cc1ccc(Cl)c([N+](=O)[O-])c1. The molecule has 0 saturated carbocycles. The summed E-state index contributed by atoms with van der Waals surface area (Å²) >= 11 is 6.85. The zero-order valence-electron chi connectivity index (χ0n) is 16.9. The topological polar surface area (TPSA) is 106 Å². The van der Waals surface area contributed by atoms with Gasteiger partial charge in [0.05, 0.1) is 26.2 Å². The van der Waals surface area contributed by atoms with Crippen molar-refractivity contribution in [3.8, 4) is 0 Å². The van der Waals surface area contributed by atoms with Crippen molar-refractivity contribution in [1.82, 2.24) is 0 Å². The van der Waals surface area contributed by atoms with Gasteiger partial charge in [0.2, 0.25) is 0 Å². The number of nitro groups is 1. The van der Waals surface area contributed by atoms with Gasteiger partial charge in [0.25, 0.3) is 11.6 Å². The lowest BCUT2D eigenvalue weighted by molar-refractivity contribution is -0.384. The number of benzene rings is 3. The number of halogens is 3. The highest BCUT2D eigenvalue weighted by atomic mass is 35.5. The largest absolute Gasteiger partial charge is 0.320 e. The van der Waals surface area contributed by atoms with E-state index in [-0.39, 0.29) is 26.2 Å². The van der Waals surface area contributed by atoms with Crippen LogP contribution in [-0.4, -0.2) is 19.2 Å². The molecule has 1 aliphatic heterocycles. The Morgan fingerprint density at radius 1 is 1.09 bits per heavy atom. The Kier molecular flexibility index (Phi) is 6.43. The number of carbonyl (C=O) groups is 1. The lowest BCUT2D eigenvalue weighted by atomic mass is 10.2. The molecule has 0 atom stereocenters. The molecule has 1 amide bonds. The monoisotopic (exact) mass is 522 g/mol. The van der Waals surface area contributed by atoms with Crippen LogP contribution < -0.4 is 5.32 Å². The van der Waals surface area contributed by atoms with Crippen LogP contribution in [0.2, 0.25) is 5.02 Å². The smallest absolute Gasteiger partial charge is 0.288 e. The van der Waals surface area contributed by atoms with Crippen LogP contribution in [0.25, 0.3) is 6.08 Å². The number of hydrogen-bond acceptors (Lipinski definition) is 6. The fourth-order valence-corrected chi connectivity index (χ4v) is 5.70. The quantitative estimate of drug-likeness (QED) is 0.266. The Morgan fingerprint density at radius 3 is 2.47 bits per heavy atom. The maximum absolute atomic E-state index is 13.9. The molecule has 0 aliphatic carbocycles. The second-order valence-electron chi connectivity index (χ2n) is 7.15. The highest BCUT2D eigenvalue weighted by Gasteiger charge is 2.26. The van der Waals surface area contributed by atoms with Crippen LogP contribution in [0.1, 0.15) is 11.1 Å². The van der Waals surface area contributed by atoms with Crippen molar-refractivity contribution in [2.45, 2.75) is 15.5 Å². The molecule has 0 radical (unpaired) electrons. The van der Waals surface area contributed by atoms with Gasteiger partial charge in [-0.25, -0.2) is 17.2 Å². The van der Waals surface area contributed by atoms with Crippen LogP contribution in [0.15, 0.2) is 69.3 Å². The van der Waals surface area contributed by atoms with Gasteiger partial charge < -0.3 is 5.32 Å². The molecule has 12 heteroatoms. The lowest BCUT2D eigenvalue weighted by Gasteiger charge is -2.19. The molecule has 4 rings (SSSR count). The fraction of sp³-hybridized carbons (Fsp3) is 0.0455. The first-order chi connectivity index (χ1) is 16.0. The predicted octanol–water partition coefficient (Wildman–Crippen LogP) is 5.59. The number of nitrogens with one attached hydrogen (secondary N) is 1. The van der Waals surface area contributed by atoms with Gasteiger partial charge in [0.1, 0.15) is 16.7 Å². The molecule has 0 bridgehead atoms. The van der Waals surface area contributed by atoms with E-state index in [2.05, 4.69) is 5.32 Å². The summed E-state index contributed by atoms with van der Waals surface area (Å²) in [6.45, 7) is 0. The number of hydrogen-bond donors (Lipinski definition) is 1. The molecule has 7 nitrogen and oxygen atoms in total. The van der Waals surface area contributed by atoms with Gasteiger partial charge in [0.15, 0.2) is 9.84 Å². The second-order valence-corrected chi connectivity index (χ2v) is 10.6. The van der Waals surface area contributed by atoms with Gasteiger partial charge >= 0.3 is 0 Å². The third-order valence-corrected chi connectivity index (χ3v) is 7.92. The van der Waals surface area contributed by atoms with Crippen LogP contribution in [0.3, 0.4) is 0 Å². The van der Waals surface area contributed by atoms with Gasteiger partial charge in [-0.1, -0.05) is 35.5 Å². The molecule has 1 aliphatic rings. The summed E-state index contributed by atoms with van der Waals surface area (Å²) in [6, 6.07) is 11.1. The van der Waals surface area contributed by atoms with Crippen LogP contribution in [0.5, 0.6) is 0 Å². The van der Waals surface area contributed by atoms with Crippen LogP contribution in [-0.2, 0) is 20.4 Å². The number of thioether (sulfide) groups is 1. The van der Waals surface area contributed by atoms with Gasteiger partial charge in [-0.15, -0.1) is 0 Å². The molecule has 3 aromatic carbocycles. The Hall–Kier alpha value is -3.28. The molecular formula is C22H13ClF2N2O5S2. The molecule has 0 saturated heterocycles. The van der Waals surface area contributed by atoms with Crippen molar-refractivity contribution in [2.24, 2.45) is 0 Å². The molecule has 3 aromatic rings. The number of nitro benzene ring substituents is 1. The second kappa shape index (κ2) is 9.16. The third-order valence-electron chi connectivity index (χ3n) is 4.86. The van der Waals surface area contributed by atoms with E-state index in [1.807, 2.05) is 0 Å². The summed E-state index contributed by atoms with van der Waals surface area (Å²) < 4.78 is 53.4. The summed E-state index contributed by atoms with van der Waals surface area (Å²) in [5.41, 5.74) is -0.285. The average Bonchev–Trinajstić information content (AvgIpc) is 2.77. The summed E-state index contributed by atoms with van der Waals surface area (Å²) in [7, 11) is -4.12. The Balaban J connectivity index is 1.62. The number of fused-ring (bicyclic) bond motifs is 1. The van der Waals surface area contributed by atoms with E-state index in [1.165, 1.54) is 42.5 Å². The normalized spacial score (nSPS) is 14.6. The molecule has 1 N–H and O–H groups in total. The molecular weight excluding hydrogens is 510 g/mol. The lowest BCUT2D eigenvalue weighted by Crippen LogP contribution is -2.18. The zero-order valence-corrected chi connectivity index (χ0v) is 19.3. The highest BCUT2D eigenvalue weighted by Crippen LogP contribution is 2.40. The third kappa shape index (κ3) is 4.81. The molecule has 0 fully saturated rings. The number of sulfone groups is 1. The highest BCUT2D eigenvalue weighted by molar-refractivity contribution is 8.04. The Morgan fingerprint density at radius 2 is 1.79 bits per heavy atom. The number of anilines is 1. The Bertz CT molecular complexity index is 1470. The number of carbonyl (C=O) groups excluding carboxylic acids is 1. The summed E-state index contributed by atoms with van der Waals surface area (Å²) in [5, 5.41) is 13.6. The Labute approximate surface area is 201 Å². The van der Waals surface area contributed by atoms with Crippen molar-refractivity contribution >= 4 is 56.6 Å². The molecule has 174 valence electrons. The van der Waals surface area contributed by atoms with Gasteiger partial charge in [-0.05, 0) is 48.0 Å². The molecule has 0 aromatic heterocycles. The van der Waals surface area contributed by atoms with E-state index >= 15 is 0 Å². The van der Waals surface area contributed by atoms with Crippen LogP contribution >= 0.6 is 23.4 Å². The first-order valence-corrected chi connectivity index (χ1v) is 12.3. The number of nitrogens with zero attached hydrogens (tertiary/aromatic N) is 1. The van der Waals surface area contributed by atoms with E-state index in [4.69, 9.17) is 11.6 Å². The van der Waals surface area contributed by atoms with E-state index < -0.39 is 43.6 Å². The van der Waals surface area contributed by atoms with E-state index in [9.17, 15) is 32.1 Å². The first-order valence-electron chi connectivity index (χ1n) is 9.50. The minimum atomic E-state index is -4.12. The predicted molar refractivity (Wildman–Crippen MR) is 124 cm³/mol. The van der Waals surface area contributed by atoms with Gasteiger partial charge in [-0.2, -0.15) is 0 Å². The van der Waals surface area contributed by atoms with E-state index in [0.717, 1.165) is 30.0 Å². The standard InChI is InChI=1S/C22H13ClF2N2O5S2/c23-15-6-4-12(8-19(15)27(29)30)9-21-22(28)26-18-10-13(5-7-20(18)33-21)34(31,32)11-14-16(24)2-1-3-17(14)25/h1-10H,11H2,(H,26,28). The van der Waals surface area contributed by atoms with Crippen molar-refractivity contribution in [1.29, 1.82) is 0 Å². The molecule has 1 heterocycles. The summed E-state index contributed by atoms with van der Waals surface area (Å²) in [5.74, 6) is -3.37. The van der Waals surface area contributed by atoms with E-state index in [0.29, 0.717) is 10.5 Å². The summed E-state index contributed by atoms with van der Waals surface area (Å²) in [6.07, 6.45) is 1.44. The minimum absolute atomic E-state index is 0.0396. The van der Waals surface area contributed by atoms with E-state index in [1.54, 1.807) is 0 Å². The maximum atomic E-state index is 13.9. The zero-order chi connectivity index (χ0) is 24.6. The number of rotatable bonds is 5. The minimum Gasteiger partial charge on any atom is -0.320 e. The van der Waals surface area contributed by atoms with Crippen molar-refractivity contribution in [3.05, 3.63) is 97.4 Å². The fourth-order valence-electron chi connectivity index (χ4n) is 3.19. The van der Waals surface area contributed by atoms with Crippen molar-refractivity contribution < 1.29 is 26.9 Å².